The molecule has 0 aliphatic rings. The number of aliphatic imine (C=N–C) groups is 1. The number of hydrogen-bond donors (Lipinski definition) is 10. The Hall–Kier alpha value is -5.55. The van der Waals surface area contributed by atoms with Crippen LogP contribution in [0.2, 0.25) is 0 Å². The van der Waals surface area contributed by atoms with Gasteiger partial charge in [0, 0.05) is 6.54 Å². The van der Waals surface area contributed by atoms with Gasteiger partial charge in [0.05, 0.1) is 29.3 Å². The Morgan fingerprint density at radius 2 is 1.38 bits per heavy atom. The van der Waals surface area contributed by atoms with Crippen molar-refractivity contribution in [2.24, 2.45) is 16.5 Å². The number of benzene rings is 1. The number of ether oxygens (including phenoxy) is 2. The molecule has 0 bridgehead atoms. The number of aliphatic hydroxyl groups excluding tert-OH is 2. The van der Waals surface area contributed by atoms with Crippen molar-refractivity contribution in [1.82, 2.24) is 26.6 Å². The number of nitrogens with zero attached hydrogens (tertiary/aromatic N) is 1. The summed E-state index contributed by atoms with van der Waals surface area (Å²) in [7, 11) is -3.89. The number of nitrogens with one attached hydrogen (secondary N) is 5. The van der Waals surface area contributed by atoms with E-state index in [0.29, 0.717) is 0 Å². The Morgan fingerprint density at radius 3 is 1.91 bits per heavy atom. The number of esters is 1. The summed E-state index contributed by atoms with van der Waals surface area (Å²) in [5, 5.41) is 40.2. The minimum atomic E-state index is -3.89. The van der Waals surface area contributed by atoms with Crippen LogP contribution in [0.4, 0.5) is 4.79 Å². The molecule has 6 atom stereocenters. The van der Waals surface area contributed by atoms with Crippen molar-refractivity contribution in [2.45, 2.75) is 101 Å². The fraction of sp³-hybridized carbons (Fsp3) is 0.576. The van der Waals surface area contributed by atoms with Crippen LogP contribution < -0.4 is 38.1 Å². The van der Waals surface area contributed by atoms with Gasteiger partial charge in [0.15, 0.2) is 15.8 Å². The van der Waals surface area contributed by atoms with Gasteiger partial charge in [-0.1, -0.05) is 18.2 Å². The Balaban J connectivity index is 3.38. The maximum atomic E-state index is 13.7. The molecule has 23 heteroatoms. The van der Waals surface area contributed by atoms with Crippen LogP contribution in [0.25, 0.3) is 0 Å². The van der Waals surface area contributed by atoms with Crippen LogP contribution in [0.5, 0.6) is 0 Å². The lowest BCUT2D eigenvalue weighted by atomic mass is 10.1. The van der Waals surface area contributed by atoms with Crippen molar-refractivity contribution in [3.8, 4) is 0 Å². The summed E-state index contributed by atoms with van der Waals surface area (Å²) < 4.78 is 35.6. The number of carbonyl (C=O) groups is 7. The molecule has 0 aromatic heterocycles. The number of aliphatic hydroxyl groups is 2. The smallest absolute Gasteiger partial charge is 0.408 e. The summed E-state index contributed by atoms with van der Waals surface area (Å²) in [4.78, 5) is 93.2. The molecule has 0 saturated heterocycles. The van der Waals surface area contributed by atoms with Crippen molar-refractivity contribution in [2.75, 3.05) is 25.4 Å². The summed E-state index contributed by atoms with van der Waals surface area (Å²) in [5.41, 5.74) is 9.72. The molecule has 0 fully saturated rings. The maximum Gasteiger partial charge on any atom is 0.408 e. The van der Waals surface area contributed by atoms with Crippen LogP contribution in [0.3, 0.4) is 0 Å². The van der Waals surface area contributed by atoms with Gasteiger partial charge in [-0.25, -0.2) is 13.2 Å². The highest BCUT2D eigenvalue weighted by Gasteiger charge is 2.36. The predicted molar refractivity (Wildman–Crippen MR) is 197 cm³/mol. The zero-order valence-corrected chi connectivity index (χ0v) is 32.5. The van der Waals surface area contributed by atoms with Crippen LogP contribution in [0.1, 0.15) is 53.9 Å². The second kappa shape index (κ2) is 22.7. The monoisotopic (exact) mass is 816 g/mol. The molecule has 0 aliphatic heterocycles. The standard InChI is InChI=1S/C33H52N8O14S/c1-18(42)25(29(49)37-17-23(44)45)41-30(50)26(19(2)43)40-28(48)22(16-24(46)54-14-15-56(52,53)20-10-7-6-8-11-20)38-27(47)21(12-9-13-36-31(34)35)39-32(51)55-33(3,4)5/h6-8,10-11,18-19,21-22,25-26,42-43H,9,12-17H2,1-5H3,(H,37,49)(H,38,47)(H,39,51)(H,40,48)(H,41,50)(H,44,45)(H4,34,35,36)/t18-,19-,21+,22+,25+,26+/m1/s1. The van der Waals surface area contributed by atoms with Gasteiger partial charge in [-0.2, -0.15) is 0 Å². The number of carboxylic acid groups (broad SMARTS) is 1. The molecule has 0 heterocycles. The summed E-state index contributed by atoms with van der Waals surface area (Å²) in [6.45, 7) is 5.38. The number of alkyl carbamates (subject to hydrolysis) is 1. The van der Waals surface area contributed by atoms with E-state index in [1.807, 2.05) is 5.32 Å². The lowest BCUT2D eigenvalue weighted by Gasteiger charge is -2.28. The van der Waals surface area contributed by atoms with Crippen molar-refractivity contribution in [3.05, 3.63) is 30.3 Å². The van der Waals surface area contributed by atoms with Crippen molar-refractivity contribution in [1.29, 1.82) is 0 Å². The number of amides is 5. The molecule has 0 unspecified atom stereocenters. The fourth-order valence-corrected chi connectivity index (χ4v) is 5.63. The number of aliphatic carboxylic acids is 1. The largest absolute Gasteiger partial charge is 0.480 e. The lowest BCUT2D eigenvalue weighted by molar-refractivity contribution is -0.146. The Bertz CT molecular complexity index is 1660. The molecule has 0 saturated carbocycles. The third-order valence-corrected chi connectivity index (χ3v) is 8.91. The number of guanidine groups is 1. The van der Waals surface area contributed by atoms with Crippen LogP contribution in [0.15, 0.2) is 40.2 Å². The first-order valence-corrected chi connectivity index (χ1v) is 18.8. The molecule has 1 aromatic rings. The first kappa shape index (κ1) is 48.5. The third-order valence-electron chi connectivity index (χ3n) is 7.21. The molecule has 314 valence electrons. The summed E-state index contributed by atoms with van der Waals surface area (Å²) in [6.07, 6.45) is -5.29. The highest BCUT2D eigenvalue weighted by Crippen LogP contribution is 2.12. The number of sulfone groups is 1. The van der Waals surface area contributed by atoms with E-state index in [-0.39, 0.29) is 30.2 Å². The highest BCUT2D eigenvalue weighted by atomic mass is 32.2. The van der Waals surface area contributed by atoms with Gasteiger partial charge < -0.3 is 62.8 Å². The van der Waals surface area contributed by atoms with Gasteiger partial charge in [0.2, 0.25) is 23.6 Å². The number of carboxylic acids is 1. The first-order chi connectivity index (χ1) is 25.9. The molecule has 1 rings (SSSR count). The molecular weight excluding hydrogens is 764 g/mol. The molecule has 0 aliphatic carbocycles. The fourth-order valence-electron chi connectivity index (χ4n) is 4.52. The van der Waals surface area contributed by atoms with E-state index in [1.165, 1.54) is 24.3 Å². The van der Waals surface area contributed by atoms with E-state index in [9.17, 15) is 52.2 Å². The zero-order valence-electron chi connectivity index (χ0n) is 31.6. The molecule has 1 aromatic carbocycles. The van der Waals surface area contributed by atoms with E-state index in [0.717, 1.165) is 13.8 Å². The van der Waals surface area contributed by atoms with Gasteiger partial charge in [-0.3, -0.25) is 33.8 Å². The zero-order chi connectivity index (χ0) is 42.8. The Labute approximate surface area is 323 Å². The molecule has 0 radical (unpaired) electrons. The third kappa shape index (κ3) is 18.7. The molecule has 0 spiro atoms. The Morgan fingerprint density at radius 1 is 0.821 bits per heavy atom. The number of nitrogens with two attached hydrogens (primary N) is 2. The van der Waals surface area contributed by atoms with E-state index in [4.69, 9.17) is 26.0 Å². The average Bonchev–Trinajstić information content (AvgIpc) is 3.08. The molecule has 56 heavy (non-hydrogen) atoms. The summed E-state index contributed by atoms with van der Waals surface area (Å²) in [6, 6.07) is 0.294. The van der Waals surface area contributed by atoms with E-state index in [2.05, 4.69) is 26.3 Å². The minimum absolute atomic E-state index is 0.0250. The summed E-state index contributed by atoms with van der Waals surface area (Å²) >= 11 is 0. The van der Waals surface area contributed by atoms with E-state index >= 15 is 0 Å². The lowest BCUT2D eigenvalue weighted by Crippen LogP contribution is -2.62. The average molecular weight is 817 g/mol. The number of rotatable bonds is 22. The molecule has 12 N–H and O–H groups in total. The molecule has 5 amide bonds. The second-order valence-electron chi connectivity index (χ2n) is 13.3. The Kier molecular flexibility index (Phi) is 19.7. The van der Waals surface area contributed by atoms with E-state index < -0.39 is 119 Å². The van der Waals surface area contributed by atoms with Gasteiger partial charge in [0.25, 0.3) is 0 Å². The quantitative estimate of drug-likeness (QED) is 0.0238. The van der Waals surface area contributed by atoms with Gasteiger partial charge in [0.1, 0.15) is 42.9 Å². The van der Waals surface area contributed by atoms with Crippen molar-refractivity contribution in [3.63, 3.8) is 0 Å². The summed E-state index contributed by atoms with van der Waals surface area (Å²) in [5.74, 6) is -8.15. The SMILES string of the molecule is C[C@@H](O)[C@H](NC(=O)[C@H](CC(=O)OCCS(=O)(=O)c1ccccc1)NC(=O)[C@H](CCCN=C(N)N)NC(=O)OC(C)(C)C)C(=O)N[C@H](C(=O)NCC(=O)O)[C@@H](C)O. The maximum absolute atomic E-state index is 13.7. The second-order valence-corrected chi connectivity index (χ2v) is 15.4. The van der Waals surface area contributed by atoms with E-state index in [1.54, 1.807) is 26.8 Å². The minimum Gasteiger partial charge on any atom is -0.480 e. The van der Waals surface area contributed by atoms with Crippen molar-refractivity contribution < 1.29 is 66.8 Å². The van der Waals surface area contributed by atoms with Crippen LogP contribution in [0, 0.1) is 0 Å². The van der Waals surface area contributed by atoms with Gasteiger partial charge >= 0.3 is 18.0 Å². The van der Waals surface area contributed by atoms with Gasteiger partial charge in [-0.15, -0.1) is 0 Å². The normalized spacial score (nSPS) is 14.6. The number of carbonyl (C=O) groups excluding carboxylic acids is 6. The predicted octanol–water partition coefficient (Wildman–Crippen LogP) is -3.24. The van der Waals surface area contributed by atoms with Crippen LogP contribution >= 0.6 is 0 Å². The topological polar surface area (TPSA) is 357 Å². The number of hydrogen-bond acceptors (Lipinski definition) is 14. The van der Waals surface area contributed by atoms with Crippen molar-refractivity contribution >= 4 is 57.5 Å². The first-order valence-electron chi connectivity index (χ1n) is 17.2. The van der Waals surface area contributed by atoms with Gasteiger partial charge in [-0.05, 0) is 59.6 Å². The molecule has 22 nitrogen and oxygen atoms in total. The highest BCUT2D eigenvalue weighted by molar-refractivity contribution is 7.91. The van der Waals surface area contributed by atoms with Crippen LogP contribution in [-0.2, 0) is 48.1 Å². The molecular formula is C33H52N8O14S. The van der Waals surface area contributed by atoms with Crippen LogP contribution in [-0.4, -0.2) is 139 Å².